The zero-order valence-corrected chi connectivity index (χ0v) is 17.2. The SMILES string of the molecule is CN(C)CC1CC(C(Cl)(Cl)Cl)Cc2c1ccc1c2ccc2ccccc21. The van der Waals surface area contributed by atoms with Gasteiger partial charge in [0.05, 0.1) is 0 Å². The van der Waals surface area contributed by atoms with Gasteiger partial charge in [-0.2, -0.15) is 0 Å². The van der Waals surface area contributed by atoms with Crippen molar-refractivity contribution in [2.45, 2.75) is 22.6 Å². The van der Waals surface area contributed by atoms with Crippen molar-refractivity contribution in [2.75, 3.05) is 20.6 Å². The zero-order chi connectivity index (χ0) is 18.5. The zero-order valence-electron chi connectivity index (χ0n) is 15.0. The number of nitrogens with zero attached hydrogens (tertiary/aromatic N) is 1. The van der Waals surface area contributed by atoms with E-state index in [1.165, 1.54) is 32.7 Å². The van der Waals surface area contributed by atoms with Crippen molar-refractivity contribution in [1.82, 2.24) is 4.90 Å². The lowest BCUT2D eigenvalue weighted by molar-refractivity contribution is 0.316. The first-order chi connectivity index (χ1) is 12.3. The third-order valence-electron chi connectivity index (χ3n) is 5.58. The molecule has 0 N–H and O–H groups in total. The van der Waals surface area contributed by atoms with Gasteiger partial charge in [0.2, 0.25) is 0 Å². The predicted octanol–water partition coefficient (Wildman–Crippen LogP) is 6.57. The van der Waals surface area contributed by atoms with Crippen LogP contribution in [-0.2, 0) is 6.42 Å². The molecule has 3 aromatic carbocycles. The van der Waals surface area contributed by atoms with Crippen LogP contribution in [0.5, 0.6) is 0 Å². The van der Waals surface area contributed by atoms with Crippen LogP contribution in [0.15, 0.2) is 48.5 Å². The van der Waals surface area contributed by atoms with Gasteiger partial charge in [-0.1, -0.05) is 83.3 Å². The molecule has 3 aromatic rings. The van der Waals surface area contributed by atoms with Crippen molar-refractivity contribution in [2.24, 2.45) is 5.92 Å². The van der Waals surface area contributed by atoms with Crippen molar-refractivity contribution >= 4 is 56.3 Å². The maximum absolute atomic E-state index is 6.34. The van der Waals surface area contributed by atoms with Crippen LogP contribution in [0.4, 0.5) is 0 Å². The molecule has 26 heavy (non-hydrogen) atoms. The van der Waals surface area contributed by atoms with Gasteiger partial charge >= 0.3 is 0 Å². The van der Waals surface area contributed by atoms with Gasteiger partial charge in [0.15, 0.2) is 3.79 Å². The van der Waals surface area contributed by atoms with Gasteiger partial charge in [-0.15, -0.1) is 0 Å². The second-order valence-corrected chi connectivity index (χ2v) is 10.0. The third kappa shape index (κ3) is 3.31. The molecule has 1 aliphatic carbocycles. The second-order valence-electron chi connectivity index (χ2n) is 7.65. The lowest BCUT2D eigenvalue weighted by Gasteiger charge is -2.37. The number of likely N-dealkylation sites (N-methyl/N-ethyl adjacent to an activating group) is 1. The molecule has 0 heterocycles. The highest BCUT2D eigenvalue weighted by Crippen LogP contribution is 2.48. The smallest absolute Gasteiger partial charge is 0.193 e. The van der Waals surface area contributed by atoms with Gasteiger partial charge < -0.3 is 4.90 Å². The molecule has 136 valence electrons. The molecule has 2 unspecified atom stereocenters. The van der Waals surface area contributed by atoms with Crippen molar-refractivity contribution in [1.29, 1.82) is 0 Å². The normalized spacial score (nSPS) is 20.7. The summed E-state index contributed by atoms with van der Waals surface area (Å²) in [5.41, 5.74) is 2.76. The molecule has 0 amide bonds. The summed E-state index contributed by atoms with van der Waals surface area (Å²) in [6.45, 7) is 0.962. The van der Waals surface area contributed by atoms with Crippen LogP contribution in [0, 0.1) is 5.92 Å². The highest BCUT2D eigenvalue weighted by atomic mass is 35.6. The Balaban J connectivity index is 1.93. The number of fused-ring (bicyclic) bond motifs is 5. The van der Waals surface area contributed by atoms with E-state index in [2.05, 4.69) is 67.5 Å². The molecule has 0 bridgehead atoms. The van der Waals surface area contributed by atoms with E-state index < -0.39 is 3.79 Å². The first-order valence-electron chi connectivity index (χ1n) is 8.99. The van der Waals surface area contributed by atoms with E-state index in [1.54, 1.807) is 0 Å². The summed E-state index contributed by atoms with van der Waals surface area (Å²) >= 11 is 19.0. The Morgan fingerprint density at radius 2 is 1.65 bits per heavy atom. The highest BCUT2D eigenvalue weighted by Gasteiger charge is 2.39. The van der Waals surface area contributed by atoms with Gasteiger partial charge in [-0.25, -0.2) is 0 Å². The molecule has 0 fully saturated rings. The number of hydrogen-bond donors (Lipinski definition) is 0. The van der Waals surface area contributed by atoms with Gasteiger partial charge in [-0.3, -0.25) is 0 Å². The molecule has 4 heteroatoms. The minimum atomic E-state index is -1.23. The Morgan fingerprint density at radius 1 is 0.923 bits per heavy atom. The van der Waals surface area contributed by atoms with Crippen LogP contribution in [0.2, 0.25) is 0 Å². The fourth-order valence-corrected chi connectivity index (χ4v) is 4.94. The highest BCUT2D eigenvalue weighted by molar-refractivity contribution is 6.67. The van der Waals surface area contributed by atoms with Crippen molar-refractivity contribution < 1.29 is 0 Å². The minimum Gasteiger partial charge on any atom is -0.309 e. The number of rotatable bonds is 2. The number of alkyl halides is 3. The molecule has 0 radical (unpaired) electrons. The monoisotopic (exact) mass is 405 g/mol. The summed E-state index contributed by atoms with van der Waals surface area (Å²) in [4.78, 5) is 2.22. The predicted molar refractivity (Wildman–Crippen MR) is 115 cm³/mol. The fourth-order valence-electron chi connectivity index (χ4n) is 4.44. The van der Waals surface area contributed by atoms with Gasteiger partial charge in [0, 0.05) is 12.5 Å². The molecule has 1 aliphatic rings. The summed E-state index contributed by atoms with van der Waals surface area (Å²) in [5, 5.41) is 5.13. The summed E-state index contributed by atoms with van der Waals surface area (Å²) in [5.74, 6) is 0.410. The average molecular weight is 407 g/mol. The topological polar surface area (TPSA) is 3.24 Å². The number of hydrogen-bond acceptors (Lipinski definition) is 1. The minimum absolute atomic E-state index is 0.0296. The summed E-state index contributed by atoms with van der Waals surface area (Å²) in [7, 11) is 4.21. The Morgan fingerprint density at radius 3 is 2.38 bits per heavy atom. The molecule has 0 saturated heterocycles. The summed E-state index contributed by atoms with van der Waals surface area (Å²) in [6.07, 6.45) is 1.71. The Hall–Kier alpha value is -0.990. The van der Waals surface area contributed by atoms with Crippen LogP contribution < -0.4 is 0 Å². The standard InChI is InChI=1S/C22H22Cl3N/c1-26(2)13-15-11-16(22(23,24)25)12-21-18(15)9-10-19-17-6-4-3-5-14(17)7-8-20(19)21/h3-10,15-16H,11-13H2,1-2H3. The first-order valence-corrected chi connectivity index (χ1v) is 10.1. The van der Waals surface area contributed by atoms with Crippen molar-refractivity contribution in [3.8, 4) is 0 Å². The van der Waals surface area contributed by atoms with E-state index in [-0.39, 0.29) is 5.92 Å². The van der Waals surface area contributed by atoms with Crippen LogP contribution in [-0.4, -0.2) is 29.3 Å². The molecule has 2 atom stereocenters. The molecule has 1 nitrogen and oxygen atoms in total. The molecule has 0 saturated carbocycles. The largest absolute Gasteiger partial charge is 0.309 e. The van der Waals surface area contributed by atoms with Gasteiger partial charge in [0.1, 0.15) is 0 Å². The molecule has 0 spiro atoms. The molecular formula is C22H22Cl3N. The Labute approximate surface area is 169 Å². The molecule has 4 rings (SSSR count). The molecule has 0 aromatic heterocycles. The van der Waals surface area contributed by atoms with Gasteiger partial charge in [0.25, 0.3) is 0 Å². The summed E-state index contributed by atoms with van der Waals surface area (Å²) < 4.78 is -1.23. The van der Waals surface area contributed by atoms with E-state index in [0.29, 0.717) is 5.92 Å². The van der Waals surface area contributed by atoms with E-state index in [1.807, 2.05) is 0 Å². The number of benzene rings is 3. The van der Waals surface area contributed by atoms with Crippen molar-refractivity contribution in [3.63, 3.8) is 0 Å². The lowest BCUT2D eigenvalue weighted by atomic mass is 9.75. The van der Waals surface area contributed by atoms with Crippen LogP contribution >= 0.6 is 34.8 Å². The number of halogens is 3. The van der Waals surface area contributed by atoms with Crippen LogP contribution in [0.25, 0.3) is 21.5 Å². The maximum Gasteiger partial charge on any atom is 0.193 e. The summed E-state index contributed by atoms with van der Waals surface area (Å²) in [6, 6.07) is 17.5. The fraction of sp³-hybridized carbons (Fsp3) is 0.364. The molecule has 0 aliphatic heterocycles. The maximum atomic E-state index is 6.34. The molecular weight excluding hydrogens is 385 g/mol. The van der Waals surface area contributed by atoms with Gasteiger partial charge in [-0.05, 0) is 65.5 Å². The van der Waals surface area contributed by atoms with Crippen LogP contribution in [0.1, 0.15) is 23.5 Å². The van der Waals surface area contributed by atoms with E-state index in [0.717, 1.165) is 19.4 Å². The quantitative estimate of drug-likeness (QED) is 0.343. The lowest BCUT2D eigenvalue weighted by Crippen LogP contribution is -2.32. The first kappa shape index (κ1) is 18.4. The third-order valence-corrected chi connectivity index (χ3v) is 6.51. The van der Waals surface area contributed by atoms with Crippen LogP contribution in [0.3, 0.4) is 0 Å². The second kappa shape index (κ2) is 6.87. The van der Waals surface area contributed by atoms with E-state index in [9.17, 15) is 0 Å². The van der Waals surface area contributed by atoms with E-state index in [4.69, 9.17) is 34.8 Å². The Bertz CT molecular complexity index is 959. The van der Waals surface area contributed by atoms with Crippen molar-refractivity contribution in [3.05, 3.63) is 59.7 Å². The average Bonchev–Trinajstić information content (AvgIpc) is 2.59. The Kier molecular flexibility index (Phi) is 4.86. The van der Waals surface area contributed by atoms with E-state index >= 15 is 0 Å².